The molecule has 6 heteroatoms. The van der Waals surface area contributed by atoms with E-state index < -0.39 is 5.54 Å². The number of hydrogen-bond donors (Lipinski definition) is 1. The van der Waals surface area contributed by atoms with Crippen LogP contribution in [0.4, 0.5) is 4.79 Å². The summed E-state index contributed by atoms with van der Waals surface area (Å²) < 4.78 is 0. The van der Waals surface area contributed by atoms with Crippen LogP contribution in [-0.4, -0.2) is 47.9 Å². The Balaban J connectivity index is 1.71. The molecule has 2 aliphatic rings. The van der Waals surface area contributed by atoms with Gasteiger partial charge < -0.3 is 10.2 Å². The predicted molar refractivity (Wildman–Crippen MR) is 93.6 cm³/mol. The van der Waals surface area contributed by atoms with E-state index in [0.717, 1.165) is 19.4 Å². The number of carbonyl (C=O) groups is 2. The fourth-order valence-electron chi connectivity index (χ4n) is 3.76. The van der Waals surface area contributed by atoms with Crippen LogP contribution in [0.15, 0.2) is 24.3 Å². The molecule has 2 aliphatic heterocycles. The number of urea groups is 1. The lowest BCUT2D eigenvalue weighted by molar-refractivity contribution is -0.131. The normalized spacial score (nSPS) is 27.2. The quantitative estimate of drug-likeness (QED) is 0.853. The zero-order valence-corrected chi connectivity index (χ0v) is 14.8. The molecule has 25 heavy (non-hydrogen) atoms. The minimum atomic E-state index is -1.07. The minimum absolute atomic E-state index is 0.222. The predicted octanol–water partition coefficient (Wildman–Crippen LogP) is 2.20. The molecule has 0 unspecified atom stereocenters. The Bertz CT molecular complexity index is 709. The van der Waals surface area contributed by atoms with Crippen LogP contribution in [0.5, 0.6) is 0 Å². The first-order valence-electron chi connectivity index (χ1n) is 8.80. The smallest absolute Gasteiger partial charge is 0.319 e. The van der Waals surface area contributed by atoms with Crippen molar-refractivity contribution in [2.24, 2.45) is 0 Å². The summed E-state index contributed by atoms with van der Waals surface area (Å²) in [7, 11) is 2.11. The van der Waals surface area contributed by atoms with Crippen LogP contribution in [0.25, 0.3) is 0 Å². The third-order valence-electron chi connectivity index (χ3n) is 5.47. The zero-order valence-electron chi connectivity index (χ0n) is 14.8. The second kappa shape index (κ2) is 6.85. The van der Waals surface area contributed by atoms with E-state index in [1.54, 1.807) is 31.2 Å². The van der Waals surface area contributed by atoms with E-state index in [0.29, 0.717) is 23.7 Å². The summed E-state index contributed by atoms with van der Waals surface area (Å²) >= 11 is 0. The van der Waals surface area contributed by atoms with Crippen molar-refractivity contribution in [1.82, 2.24) is 15.1 Å². The van der Waals surface area contributed by atoms with Gasteiger partial charge in [0.25, 0.3) is 5.91 Å². The number of piperidine rings is 1. The second-order valence-electron chi connectivity index (χ2n) is 7.12. The fourth-order valence-corrected chi connectivity index (χ4v) is 3.76. The van der Waals surface area contributed by atoms with Gasteiger partial charge in [0.1, 0.15) is 5.54 Å². The minimum Gasteiger partial charge on any atom is -0.319 e. The van der Waals surface area contributed by atoms with E-state index in [2.05, 4.69) is 23.3 Å². The van der Waals surface area contributed by atoms with Gasteiger partial charge in [0.15, 0.2) is 0 Å². The molecule has 0 aromatic heterocycles. The van der Waals surface area contributed by atoms with Gasteiger partial charge in [0, 0.05) is 12.6 Å². The molecule has 1 aromatic rings. The summed E-state index contributed by atoms with van der Waals surface area (Å²) in [5.41, 5.74) is 0.159. The molecule has 3 amide bonds. The van der Waals surface area contributed by atoms with Gasteiger partial charge in [-0.25, -0.2) is 4.79 Å². The fraction of sp³-hybridized carbons (Fsp3) is 0.526. The van der Waals surface area contributed by atoms with Crippen LogP contribution in [-0.2, 0) is 10.3 Å². The average Bonchev–Trinajstić information content (AvgIpc) is 2.84. The van der Waals surface area contributed by atoms with Crippen molar-refractivity contribution in [3.63, 3.8) is 0 Å². The maximum absolute atomic E-state index is 12.9. The molecule has 2 heterocycles. The highest BCUT2D eigenvalue weighted by atomic mass is 16.2. The molecule has 6 nitrogen and oxygen atoms in total. The first kappa shape index (κ1) is 17.4. The first-order valence-corrected chi connectivity index (χ1v) is 8.80. The van der Waals surface area contributed by atoms with E-state index >= 15 is 0 Å². The molecule has 1 N–H and O–H groups in total. The molecule has 2 atom stereocenters. The summed E-state index contributed by atoms with van der Waals surface area (Å²) in [5, 5.41) is 11.7. The van der Waals surface area contributed by atoms with Crippen molar-refractivity contribution in [1.29, 1.82) is 5.26 Å². The molecule has 132 valence electrons. The Kier molecular flexibility index (Phi) is 4.78. The second-order valence-corrected chi connectivity index (χ2v) is 7.12. The third-order valence-corrected chi connectivity index (χ3v) is 5.47. The summed E-state index contributed by atoms with van der Waals surface area (Å²) in [6, 6.07) is 8.94. The van der Waals surface area contributed by atoms with Crippen LogP contribution in [0.2, 0.25) is 0 Å². The Hall–Kier alpha value is -2.39. The van der Waals surface area contributed by atoms with Gasteiger partial charge in [-0.2, -0.15) is 5.26 Å². The standard InChI is InChI=1S/C19H24N4O2/c1-19(15-8-6-14(13-20)7-9-15)17(24)23(18(25)21-19)12-10-16-5-3-4-11-22(16)2/h6-9,16H,3-5,10-12H2,1-2H3,(H,21,25)/t16-,19+/m1/s1. The Morgan fingerprint density at radius 1 is 1.28 bits per heavy atom. The van der Waals surface area contributed by atoms with Gasteiger partial charge in [-0.05, 0) is 57.5 Å². The van der Waals surface area contributed by atoms with Crippen molar-refractivity contribution in [3.8, 4) is 6.07 Å². The number of benzene rings is 1. The van der Waals surface area contributed by atoms with Crippen molar-refractivity contribution in [3.05, 3.63) is 35.4 Å². The Morgan fingerprint density at radius 2 is 2.00 bits per heavy atom. The number of likely N-dealkylation sites (tertiary alicyclic amines) is 1. The monoisotopic (exact) mass is 340 g/mol. The number of imide groups is 1. The number of carbonyl (C=O) groups excluding carboxylic acids is 2. The molecule has 0 radical (unpaired) electrons. The summed E-state index contributed by atoms with van der Waals surface area (Å²) in [6.45, 7) is 3.24. The first-order chi connectivity index (χ1) is 12.0. The summed E-state index contributed by atoms with van der Waals surface area (Å²) in [4.78, 5) is 28.9. The van der Waals surface area contributed by atoms with E-state index in [1.807, 2.05) is 0 Å². The van der Waals surface area contributed by atoms with E-state index in [9.17, 15) is 9.59 Å². The van der Waals surface area contributed by atoms with Crippen molar-refractivity contribution in [2.45, 2.75) is 44.2 Å². The highest BCUT2D eigenvalue weighted by Crippen LogP contribution is 2.29. The highest BCUT2D eigenvalue weighted by molar-refractivity contribution is 6.07. The average molecular weight is 340 g/mol. The number of nitrogens with one attached hydrogen (secondary N) is 1. The lowest BCUT2D eigenvalue weighted by Gasteiger charge is -2.33. The topological polar surface area (TPSA) is 76.4 Å². The van der Waals surface area contributed by atoms with Gasteiger partial charge in [-0.15, -0.1) is 0 Å². The Morgan fingerprint density at radius 3 is 2.64 bits per heavy atom. The molecule has 0 aliphatic carbocycles. The maximum Gasteiger partial charge on any atom is 0.325 e. The molecule has 0 spiro atoms. The molecular weight excluding hydrogens is 316 g/mol. The summed E-state index contributed by atoms with van der Waals surface area (Å²) in [6.07, 6.45) is 4.34. The largest absolute Gasteiger partial charge is 0.325 e. The van der Waals surface area contributed by atoms with Crippen LogP contribution in [0.3, 0.4) is 0 Å². The zero-order chi connectivity index (χ0) is 18.0. The molecule has 2 fully saturated rings. The molecule has 1 aromatic carbocycles. The van der Waals surface area contributed by atoms with Crippen molar-refractivity contribution >= 4 is 11.9 Å². The van der Waals surface area contributed by atoms with Crippen LogP contribution in [0.1, 0.15) is 43.7 Å². The molecule has 0 bridgehead atoms. The van der Waals surface area contributed by atoms with E-state index in [1.165, 1.54) is 17.7 Å². The third kappa shape index (κ3) is 3.24. The van der Waals surface area contributed by atoms with E-state index in [4.69, 9.17) is 5.26 Å². The van der Waals surface area contributed by atoms with Gasteiger partial charge in [-0.3, -0.25) is 9.69 Å². The molecular formula is C19H24N4O2. The van der Waals surface area contributed by atoms with Gasteiger partial charge in [0.05, 0.1) is 11.6 Å². The number of nitriles is 1. The van der Waals surface area contributed by atoms with Crippen LogP contribution >= 0.6 is 0 Å². The Labute approximate surface area is 148 Å². The lowest BCUT2D eigenvalue weighted by Crippen LogP contribution is -2.42. The number of rotatable bonds is 4. The van der Waals surface area contributed by atoms with Crippen molar-refractivity contribution in [2.75, 3.05) is 20.1 Å². The molecule has 2 saturated heterocycles. The number of amides is 3. The molecule has 3 rings (SSSR count). The van der Waals surface area contributed by atoms with Crippen molar-refractivity contribution < 1.29 is 9.59 Å². The van der Waals surface area contributed by atoms with Crippen LogP contribution in [0, 0.1) is 11.3 Å². The molecule has 0 saturated carbocycles. The number of nitrogens with zero attached hydrogens (tertiary/aromatic N) is 3. The lowest BCUT2D eigenvalue weighted by atomic mass is 9.91. The van der Waals surface area contributed by atoms with Gasteiger partial charge in [-0.1, -0.05) is 18.6 Å². The highest BCUT2D eigenvalue weighted by Gasteiger charge is 2.48. The summed E-state index contributed by atoms with van der Waals surface area (Å²) in [5.74, 6) is -0.222. The van der Waals surface area contributed by atoms with E-state index in [-0.39, 0.29) is 11.9 Å². The SMILES string of the molecule is CN1CCCC[C@@H]1CCN1C(=O)N[C@@](C)(c2ccc(C#N)cc2)C1=O. The van der Waals surface area contributed by atoms with Gasteiger partial charge in [0.2, 0.25) is 0 Å². The van der Waals surface area contributed by atoms with Gasteiger partial charge >= 0.3 is 6.03 Å². The van der Waals surface area contributed by atoms with Crippen LogP contribution < -0.4 is 5.32 Å². The maximum atomic E-state index is 12.9. The number of hydrogen-bond acceptors (Lipinski definition) is 4.